The second kappa shape index (κ2) is 3.74. The van der Waals surface area contributed by atoms with Gasteiger partial charge in [-0.05, 0) is 68.1 Å². The van der Waals surface area contributed by atoms with E-state index in [2.05, 4.69) is 6.07 Å². The molecule has 0 radical (unpaired) electrons. The van der Waals surface area contributed by atoms with Crippen LogP contribution in [0.1, 0.15) is 44.9 Å². The molecule has 4 aliphatic carbocycles. The molecule has 2 heteroatoms. The molecule has 0 aromatic rings. The van der Waals surface area contributed by atoms with Gasteiger partial charge in [-0.2, -0.15) is 5.26 Å². The van der Waals surface area contributed by atoms with Crippen LogP contribution < -0.4 is 0 Å². The molecule has 0 aromatic carbocycles. The maximum absolute atomic E-state index is 9.21. The van der Waals surface area contributed by atoms with Crippen molar-refractivity contribution >= 4 is 0 Å². The maximum Gasteiger partial charge on any atom is 0.0699 e. The van der Waals surface area contributed by atoms with Crippen molar-refractivity contribution < 1.29 is 5.11 Å². The third-order valence-electron chi connectivity index (χ3n) is 5.25. The van der Waals surface area contributed by atoms with Gasteiger partial charge in [0.25, 0.3) is 0 Å². The molecule has 2 nitrogen and oxygen atoms in total. The molecule has 0 spiro atoms. The lowest BCUT2D eigenvalue weighted by Crippen LogP contribution is -2.46. The lowest BCUT2D eigenvalue weighted by atomic mass is 9.48. The van der Waals surface area contributed by atoms with E-state index < -0.39 is 0 Å². The van der Waals surface area contributed by atoms with Crippen molar-refractivity contribution in [3.8, 4) is 6.07 Å². The van der Waals surface area contributed by atoms with E-state index in [0.717, 1.165) is 24.2 Å². The third kappa shape index (κ3) is 1.66. The number of nitriles is 1. The molecule has 1 unspecified atom stereocenters. The average Bonchev–Trinajstić information content (AvgIpc) is 2.24. The van der Waals surface area contributed by atoms with E-state index >= 15 is 0 Å². The molecule has 4 bridgehead atoms. The zero-order valence-corrected chi connectivity index (χ0v) is 9.86. The van der Waals surface area contributed by atoms with E-state index in [-0.39, 0.29) is 12.5 Å². The average molecular weight is 219 g/mol. The van der Waals surface area contributed by atoms with Crippen LogP contribution in [0, 0.1) is 40.4 Å². The monoisotopic (exact) mass is 219 g/mol. The minimum atomic E-state index is -0.115. The van der Waals surface area contributed by atoms with E-state index in [4.69, 9.17) is 5.26 Å². The molecule has 0 aromatic heterocycles. The summed E-state index contributed by atoms with van der Waals surface area (Å²) < 4.78 is 0. The van der Waals surface area contributed by atoms with Crippen LogP contribution in [0.2, 0.25) is 0 Å². The van der Waals surface area contributed by atoms with Crippen LogP contribution in [0.5, 0.6) is 0 Å². The van der Waals surface area contributed by atoms with Gasteiger partial charge in [-0.15, -0.1) is 0 Å². The first-order chi connectivity index (χ1) is 7.73. The largest absolute Gasteiger partial charge is 0.395 e. The van der Waals surface area contributed by atoms with Gasteiger partial charge < -0.3 is 5.11 Å². The normalized spacial score (nSPS) is 46.6. The van der Waals surface area contributed by atoms with Crippen LogP contribution in [-0.2, 0) is 0 Å². The van der Waals surface area contributed by atoms with Crippen molar-refractivity contribution in [1.82, 2.24) is 0 Å². The summed E-state index contributed by atoms with van der Waals surface area (Å²) >= 11 is 0. The van der Waals surface area contributed by atoms with Crippen molar-refractivity contribution in [3.05, 3.63) is 0 Å². The summed E-state index contributed by atoms with van der Waals surface area (Å²) in [6.07, 6.45) is 9.36. The van der Waals surface area contributed by atoms with Gasteiger partial charge in [-0.1, -0.05) is 0 Å². The maximum atomic E-state index is 9.21. The lowest BCUT2D eigenvalue weighted by Gasteiger charge is -2.57. The molecule has 4 fully saturated rings. The Labute approximate surface area is 97.7 Å². The van der Waals surface area contributed by atoms with Crippen LogP contribution >= 0.6 is 0 Å². The molecule has 4 rings (SSSR count). The molecule has 1 atom stereocenters. The van der Waals surface area contributed by atoms with Crippen molar-refractivity contribution in [2.75, 3.05) is 6.61 Å². The molecule has 4 aliphatic rings. The Morgan fingerprint density at radius 3 is 2.00 bits per heavy atom. The highest BCUT2D eigenvalue weighted by Crippen LogP contribution is 2.61. The third-order valence-corrected chi connectivity index (χ3v) is 5.25. The quantitative estimate of drug-likeness (QED) is 0.793. The van der Waals surface area contributed by atoms with E-state index in [0.29, 0.717) is 5.41 Å². The number of hydrogen-bond acceptors (Lipinski definition) is 2. The van der Waals surface area contributed by atoms with Gasteiger partial charge >= 0.3 is 0 Å². The first-order valence-electron chi connectivity index (χ1n) is 6.73. The SMILES string of the molecule is N#CC(CO)CC12CC3CC(CC(C3)C1)C2. The predicted molar refractivity (Wildman–Crippen MR) is 61.4 cm³/mol. The van der Waals surface area contributed by atoms with E-state index in [9.17, 15) is 5.11 Å². The fraction of sp³-hybridized carbons (Fsp3) is 0.929. The van der Waals surface area contributed by atoms with Gasteiger partial charge in [0.05, 0.1) is 18.6 Å². The van der Waals surface area contributed by atoms with Crippen molar-refractivity contribution in [3.63, 3.8) is 0 Å². The zero-order valence-electron chi connectivity index (χ0n) is 9.86. The Kier molecular flexibility index (Phi) is 2.47. The molecular formula is C14H21NO. The van der Waals surface area contributed by atoms with Gasteiger partial charge in [-0.3, -0.25) is 0 Å². The molecule has 0 saturated heterocycles. The Balaban J connectivity index is 1.76. The molecule has 1 N–H and O–H groups in total. The van der Waals surface area contributed by atoms with Gasteiger partial charge in [0.15, 0.2) is 0 Å². The Morgan fingerprint density at radius 2 is 1.62 bits per heavy atom. The number of rotatable bonds is 3. The van der Waals surface area contributed by atoms with Crippen molar-refractivity contribution in [1.29, 1.82) is 5.26 Å². The van der Waals surface area contributed by atoms with Gasteiger partial charge in [0, 0.05) is 0 Å². The number of nitrogens with zero attached hydrogens (tertiary/aromatic N) is 1. The van der Waals surface area contributed by atoms with Gasteiger partial charge in [0.2, 0.25) is 0 Å². The summed E-state index contributed by atoms with van der Waals surface area (Å²) in [6, 6.07) is 2.28. The van der Waals surface area contributed by atoms with Crippen molar-refractivity contribution in [2.24, 2.45) is 29.1 Å². The van der Waals surface area contributed by atoms with Crippen molar-refractivity contribution in [2.45, 2.75) is 44.9 Å². The molecule has 4 saturated carbocycles. The predicted octanol–water partition coefficient (Wildman–Crippen LogP) is 2.72. The highest BCUT2D eigenvalue weighted by atomic mass is 16.3. The Hall–Kier alpha value is -0.550. The van der Waals surface area contributed by atoms with Crippen LogP contribution in [0.3, 0.4) is 0 Å². The second-order valence-electron chi connectivity index (χ2n) is 6.63. The standard InChI is InChI=1S/C14H21NO/c15-8-13(9-16)7-14-4-10-1-11(5-14)3-12(2-10)6-14/h10-13,16H,1-7,9H2. The fourth-order valence-electron chi connectivity index (χ4n) is 5.21. The van der Waals surface area contributed by atoms with Crippen LogP contribution in [0.15, 0.2) is 0 Å². The summed E-state index contributed by atoms with van der Waals surface area (Å²) in [5.74, 6) is 2.73. The summed E-state index contributed by atoms with van der Waals surface area (Å²) in [4.78, 5) is 0. The first-order valence-corrected chi connectivity index (χ1v) is 6.73. The lowest BCUT2D eigenvalue weighted by molar-refractivity contribution is -0.0646. The Bertz CT molecular complexity index is 282. The molecule has 88 valence electrons. The van der Waals surface area contributed by atoms with Crippen LogP contribution in [0.4, 0.5) is 0 Å². The van der Waals surface area contributed by atoms with Crippen LogP contribution in [-0.4, -0.2) is 11.7 Å². The molecule has 0 heterocycles. The first kappa shape index (κ1) is 10.6. The smallest absolute Gasteiger partial charge is 0.0699 e. The number of hydrogen-bond donors (Lipinski definition) is 1. The minimum Gasteiger partial charge on any atom is -0.395 e. The van der Waals surface area contributed by atoms with E-state index in [1.54, 1.807) is 0 Å². The van der Waals surface area contributed by atoms with Gasteiger partial charge in [-0.25, -0.2) is 0 Å². The molecule has 16 heavy (non-hydrogen) atoms. The van der Waals surface area contributed by atoms with Crippen LogP contribution in [0.25, 0.3) is 0 Å². The molecular weight excluding hydrogens is 198 g/mol. The number of aliphatic hydroxyl groups excluding tert-OH is 1. The highest BCUT2D eigenvalue weighted by molar-refractivity contribution is 5.03. The zero-order chi connectivity index (χ0) is 11.2. The summed E-state index contributed by atoms with van der Waals surface area (Å²) in [7, 11) is 0. The number of aliphatic hydroxyl groups is 1. The topological polar surface area (TPSA) is 44.0 Å². The molecule has 0 amide bonds. The Morgan fingerprint density at radius 1 is 1.12 bits per heavy atom. The summed E-state index contributed by atoms with van der Waals surface area (Å²) in [5, 5.41) is 18.2. The highest BCUT2D eigenvalue weighted by Gasteiger charge is 2.51. The summed E-state index contributed by atoms with van der Waals surface area (Å²) in [6.45, 7) is 0.0538. The fourth-order valence-corrected chi connectivity index (χ4v) is 5.21. The van der Waals surface area contributed by atoms with E-state index in [1.807, 2.05) is 0 Å². The summed E-state index contributed by atoms with van der Waals surface area (Å²) in [5.41, 5.74) is 0.442. The minimum absolute atomic E-state index is 0.0538. The molecule has 0 aliphatic heterocycles. The second-order valence-corrected chi connectivity index (χ2v) is 6.63. The van der Waals surface area contributed by atoms with Gasteiger partial charge in [0.1, 0.15) is 0 Å². The van der Waals surface area contributed by atoms with E-state index in [1.165, 1.54) is 38.5 Å².